The van der Waals surface area contributed by atoms with Gasteiger partial charge in [0.1, 0.15) is 25.8 Å². The molecular weight excluding hydrogens is 432 g/mol. The second-order valence-electron chi connectivity index (χ2n) is 8.77. The third kappa shape index (κ3) is 5.30. The van der Waals surface area contributed by atoms with Gasteiger partial charge in [-0.15, -0.1) is 0 Å². The number of hydrogen-bond donors (Lipinski definition) is 0. The van der Waals surface area contributed by atoms with Crippen molar-refractivity contribution < 1.29 is 23.9 Å². The average molecular weight is 465 g/mol. The van der Waals surface area contributed by atoms with Gasteiger partial charge in [0.2, 0.25) is 5.91 Å². The van der Waals surface area contributed by atoms with E-state index in [0.717, 1.165) is 22.3 Å². The molecule has 0 aliphatic heterocycles. The average Bonchev–Trinajstić information content (AvgIpc) is 3.14. The van der Waals surface area contributed by atoms with E-state index in [4.69, 9.17) is 9.47 Å². The first-order valence-electron chi connectivity index (χ1n) is 11.4. The van der Waals surface area contributed by atoms with E-state index in [2.05, 4.69) is 30.8 Å². The maximum absolute atomic E-state index is 13.1. The quantitative estimate of drug-likeness (QED) is 0.413. The van der Waals surface area contributed by atoms with E-state index in [-0.39, 0.29) is 37.5 Å². The third-order valence-electron chi connectivity index (χ3n) is 6.03. The molecule has 1 aliphatic rings. The van der Waals surface area contributed by atoms with Gasteiger partial charge in [-0.05, 0) is 28.2 Å². The number of hydrogen-bond acceptors (Lipinski definition) is 5. The Morgan fingerprint density at radius 3 is 2.06 bits per heavy atom. The summed E-state index contributed by atoms with van der Waals surface area (Å²) in [6, 6.07) is 15.4. The van der Waals surface area contributed by atoms with Gasteiger partial charge in [0.15, 0.2) is 0 Å². The van der Waals surface area contributed by atoms with Crippen LogP contribution in [0.3, 0.4) is 0 Å². The Hall–Kier alpha value is -3.61. The minimum atomic E-state index is -0.784. The molecule has 0 heterocycles. The van der Waals surface area contributed by atoms with Crippen LogP contribution in [-0.4, -0.2) is 67.7 Å². The van der Waals surface area contributed by atoms with Crippen LogP contribution in [0, 0.1) is 5.92 Å². The summed E-state index contributed by atoms with van der Waals surface area (Å²) >= 11 is 0. The number of rotatable bonds is 9. The molecule has 180 valence electrons. The van der Waals surface area contributed by atoms with E-state index in [1.165, 1.54) is 22.9 Å². The first-order valence-corrected chi connectivity index (χ1v) is 11.4. The molecule has 2 aromatic carbocycles. The number of carbonyl (C=O) groups excluding carboxylic acids is 3. The van der Waals surface area contributed by atoms with Crippen LogP contribution < -0.4 is 0 Å². The van der Waals surface area contributed by atoms with Crippen LogP contribution in [0.4, 0.5) is 4.79 Å². The van der Waals surface area contributed by atoms with Crippen molar-refractivity contribution in [2.45, 2.75) is 25.8 Å². The monoisotopic (exact) mass is 464 g/mol. The third-order valence-corrected chi connectivity index (χ3v) is 6.03. The molecule has 7 heteroatoms. The van der Waals surface area contributed by atoms with Crippen LogP contribution in [0.5, 0.6) is 0 Å². The Morgan fingerprint density at radius 2 is 1.53 bits per heavy atom. The van der Waals surface area contributed by atoms with Crippen molar-refractivity contribution in [1.29, 1.82) is 0 Å². The maximum Gasteiger partial charge on any atom is 0.410 e. The molecule has 1 atom stereocenters. The van der Waals surface area contributed by atoms with E-state index in [1.807, 2.05) is 38.1 Å². The fraction of sp³-hybridized carbons (Fsp3) is 0.370. The highest BCUT2D eigenvalue weighted by Gasteiger charge is 2.35. The van der Waals surface area contributed by atoms with Gasteiger partial charge in [0, 0.05) is 20.0 Å². The summed E-state index contributed by atoms with van der Waals surface area (Å²) in [5, 5.41) is 0. The van der Waals surface area contributed by atoms with E-state index in [1.54, 1.807) is 7.05 Å². The lowest BCUT2D eigenvalue weighted by atomic mass is 9.98. The fourth-order valence-corrected chi connectivity index (χ4v) is 4.40. The Bertz CT molecular complexity index is 1020. The SMILES string of the molecule is C=CCOC(=O)CN(C)C(=O)C(C(C)C)N(C)C(=O)OCC1c2ccccc2-c2ccccc21. The van der Waals surface area contributed by atoms with E-state index in [9.17, 15) is 14.4 Å². The van der Waals surface area contributed by atoms with Crippen molar-refractivity contribution in [2.24, 2.45) is 5.92 Å². The van der Waals surface area contributed by atoms with Crippen LogP contribution >= 0.6 is 0 Å². The molecule has 0 radical (unpaired) electrons. The van der Waals surface area contributed by atoms with Gasteiger partial charge in [-0.1, -0.05) is 75.0 Å². The van der Waals surface area contributed by atoms with Crippen molar-refractivity contribution >= 4 is 18.0 Å². The lowest BCUT2D eigenvalue weighted by Crippen LogP contribution is -2.52. The molecule has 1 aliphatic carbocycles. The molecule has 34 heavy (non-hydrogen) atoms. The van der Waals surface area contributed by atoms with E-state index >= 15 is 0 Å². The predicted octanol–water partition coefficient (Wildman–Crippen LogP) is 4.08. The highest BCUT2D eigenvalue weighted by atomic mass is 16.6. The number of amides is 2. The Balaban J connectivity index is 1.68. The summed E-state index contributed by atoms with van der Waals surface area (Å²) in [5.74, 6) is -1.16. The molecule has 0 N–H and O–H groups in total. The molecule has 3 rings (SSSR count). The van der Waals surface area contributed by atoms with Gasteiger partial charge in [-0.3, -0.25) is 14.5 Å². The standard InChI is InChI=1S/C27H32N2O5/c1-6-15-33-24(30)16-28(4)26(31)25(18(2)3)29(5)27(32)34-17-23-21-13-9-7-11-19(21)20-12-8-10-14-22(20)23/h6-14,18,23,25H,1,15-17H2,2-5H3. The largest absolute Gasteiger partial charge is 0.460 e. The van der Waals surface area contributed by atoms with Crippen LogP contribution in [0.1, 0.15) is 30.9 Å². The molecule has 0 saturated carbocycles. The lowest BCUT2D eigenvalue weighted by molar-refractivity contribution is -0.149. The number of ether oxygens (including phenoxy) is 2. The van der Waals surface area contributed by atoms with E-state index < -0.39 is 18.1 Å². The number of esters is 1. The Labute approximate surface area is 200 Å². The second-order valence-corrected chi connectivity index (χ2v) is 8.77. The van der Waals surface area contributed by atoms with Gasteiger partial charge < -0.3 is 14.4 Å². The maximum atomic E-state index is 13.1. The number of likely N-dealkylation sites (N-methyl/N-ethyl adjacent to an activating group) is 2. The van der Waals surface area contributed by atoms with Gasteiger partial charge >= 0.3 is 12.1 Å². The zero-order valence-electron chi connectivity index (χ0n) is 20.2. The minimum Gasteiger partial charge on any atom is -0.460 e. The van der Waals surface area contributed by atoms with Crippen molar-refractivity contribution in [2.75, 3.05) is 33.9 Å². The van der Waals surface area contributed by atoms with Crippen LogP contribution in [0.2, 0.25) is 0 Å². The van der Waals surface area contributed by atoms with Gasteiger partial charge in [-0.25, -0.2) is 4.79 Å². The molecule has 2 aromatic rings. The molecule has 2 amide bonds. The zero-order chi connectivity index (χ0) is 24.8. The normalized spacial score (nSPS) is 13.0. The smallest absolute Gasteiger partial charge is 0.410 e. The Morgan fingerprint density at radius 1 is 0.971 bits per heavy atom. The molecule has 7 nitrogen and oxygen atoms in total. The summed E-state index contributed by atoms with van der Waals surface area (Å²) in [6.07, 6.45) is 0.873. The van der Waals surface area contributed by atoms with Crippen molar-refractivity contribution in [3.63, 3.8) is 0 Å². The van der Waals surface area contributed by atoms with Crippen LogP contribution in [-0.2, 0) is 19.1 Å². The summed E-state index contributed by atoms with van der Waals surface area (Å²) in [4.78, 5) is 40.5. The first-order chi connectivity index (χ1) is 16.3. The summed E-state index contributed by atoms with van der Waals surface area (Å²) in [6.45, 7) is 7.22. The van der Waals surface area contributed by atoms with Crippen molar-refractivity contribution in [1.82, 2.24) is 9.80 Å². The second kappa shape index (κ2) is 11.0. The predicted molar refractivity (Wildman–Crippen MR) is 130 cm³/mol. The highest BCUT2D eigenvalue weighted by Crippen LogP contribution is 2.44. The van der Waals surface area contributed by atoms with Crippen molar-refractivity contribution in [3.8, 4) is 11.1 Å². The first kappa shape index (κ1) is 25.0. The van der Waals surface area contributed by atoms with Gasteiger partial charge in [0.25, 0.3) is 0 Å². The van der Waals surface area contributed by atoms with Gasteiger partial charge in [0.05, 0.1) is 0 Å². The van der Waals surface area contributed by atoms with Crippen molar-refractivity contribution in [3.05, 3.63) is 72.3 Å². The van der Waals surface area contributed by atoms with E-state index in [0.29, 0.717) is 0 Å². The molecule has 0 aromatic heterocycles. The molecule has 0 fully saturated rings. The molecule has 0 saturated heterocycles. The van der Waals surface area contributed by atoms with Crippen LogP contribution in [0.25, 0.3) is 11.1 Å². The molecular formula is C27H32N2O5. The van der Waals surface area contributed by atoms with Crippen LogP contribution in [0.15, 0.2) is 61.2 Å². The number of nitrogens with zero attached hydrogens (tertiary/aromatic N) is 2. The number of carbonyl (C=O) groups is 3. The Kier molecular flexibility index (Phi) is 8.10. The molecule has 0 spiro atoms. The minimum absolute atomic E-state index is 0.0692. The lowest BCUT2D eigenvalue weighted by Gasteiger charge is -2.32. The fourth-order valence-electron chi connectivity index (χ4n) is 4.40. The topological polar surface area (TPSA) is 76.2 Å². The zero-order valence-corrected chi connectivity index (χ0v) is 20.2. The molecule has 0 bridgehead atoms. The molecule has 1 unspecified atom stereocenters. The highest BCUT2D eigenvalue weighted by molar-refractivity contribution is 5.88. The number of fused-ring (bicyclic) bond motifs is 3. The summed E-state index contributed by atoms with van der Waals surface area (Å²) in [7, 11) is 3.06. The van der Waals surface area contributed by atoms with Gasteiger partial charge in [-0.2, -0.15) is 0 Å². The summed E-state index contributed by atoms with van der Waals surface area (Å²) < 4.78 is 10.7. The number of benzene rings is 2. The summed E-state index contributed by atoms with van der Waals surface area (Å²) in [5.41, 5.74) is 4.53.